The highest BCUT2D eigenvalue weighted by Crippen LogP contribution is 2.33. The number of aliphatic imine (C=N–C) groups is 1. The van der Waals surface area contributed by atoms with Gasteiger partial charge in [0.15, 0.2) is 0 Å². The standard InChI is InChI=1S/C24H25BrN6O3/c1-13-14(2)21(5-4-17(13)25)31-23(32)16(15(3)29-31)12-26-20-10-18-19(28-24(33)27-18)11-22(20)30-6-8-34-9-7-30/h4-5,10-12,29H,6-9H2,1-3H3,(H2,27,28,33). The lowest BCUT2D eigenvalue weighted by molar-refractivity contribution is 0.123. The number of morpholine rings is 1. The Labute approximate surface area is 203 Å². The van der Waals surface area contributed by atoms with Crippen molar-refractivity contribution in [2.45, 2.75) is 20.8 Å². The normalized spacial score (nSPS) is 14.5. The summed E-state index contributed by atoms with van der Waals surface area (Å²) in [5.74, 6) is 0. The van der Waals surface area contributed by atoms with Gasteiger partial charge in [-0.3, -0.25) is 14.9 Å². The van der Waals surface area contributed by atoms with Crippen LogP contribution in [0.4, 0.5) is 11.4 Å². The Hall–Kier alpha value is -3.37. The van der Waals surface area contributed by atoms with Crippen LogP contribution in [0.25, 0.3) is 16.7 Å². The molecule has 9 nitrogen and oxygen atoms in total. The molecule has 1 aliphatic heterocycles. The van der Waals surface area contributed by atoms with Gasteiger partial charge in [0.05, 0.1) is 46.9 Å². The molecule has 1 saturated heterocycles. The van der Waals surface area contributed by atoms with Crippen LogP contribution in [-0.2, 0) is 4.74 Å². The van der Waals surface area contributed by atoms with Crippen LogP contribution in [0, 0.1) is 20.8 Å². The van der Waals surface area contributed by atoms with Crippen molar-refractivity contribution in [3.63, 3.8) is 0 Å². The van der Waals surface area contributed by atoms with Crippen LogP contribution in [0.1, 0.15) is 22.4 Å². The minimum atomic E-state index is -0.270. The molecular formula is C24H25BrN6O3. The van der Waals surface area contributed by atoms with Crippen molar-refractivity contribution in [1.29, 1.82) is 0 Å². The molecule has 0 radical (unpaired) electrons. The number of aryl methyl sites for hydroxylation is 1. The van der Waals surface area contributed by atoms with Gasteiger partial charge >= 0.3 is 5.69 Å². The summed E-state index contributed by atoms with van der Waals surface area (Å²) in [5, 5.41) is 3.18. The van der Waals surface area contributed by atoms with E-state index >= 15 is 0 Å². The van der Waals surface area contributed by atoms with Crippen molar-refractivity contribution in [2.24, 2.45) is 4.99 Å². The number of benzene rings is 2. The van der Waals surface area contributed by atoms with Gasteiger partial charge in [-0.2, -0.15) is 0 Å². The second kappa shape index (κ2) is 8.77. The number of fused-ring (bicyclic) bond motifs is 1. The van der Waals surface area contributed by atoms with E-state index in [4.69, 9.17) is 9.73 Å². The average Bonchev–Trinajstić information content (AvgIpc) is 3.33. The maximum Gasteiger partial charge on any atom is 0.323 e. The van der Waals surface area contributed by atoms with E-state index in [9.17, 15) is 9.59 Å². The molecule has 0 amide bonds. The smallest absolute Gasteiger partial charge is 0.323 e. The topological polar surface area (TPSA) is 111 Å². The summed E-state index contributed by atoms with van der Waals surface area (Å²) in [7, 11) is 0. The summed E-state index contributed by atoms with van der Waals surface area (Å²) in [5.41, 5.74) is 6.59. The molecule has 0 saturated carbocycles. The van der Waals surface area contributed by atoms with Crippen LogP contribution in [0.2, 0.25) is 0 Å². The number of aromatic nitrogens is 4. The molecule has 0 unspecified atom stereocenters. The van der Waals surface area contributed by atoms with E-state index in [1.807, 2.05) is 45.0 Å². The molecule has 0 bridgehead atoms. The molecule has 3 heterocycles. The van der Waals surface area contributed by atoms with Gasteiger partial charge in [0.25, 0.3) is 5.56 Å². The highest BCUT2D eigenvalue weighted by atomic mass is 79.9. The fourth-order valence-corrected chi connectivity index (χ4v) is 4.68. The maximum absolute atomic E-state index is 13.3. The number of halogens is 1. The van der Waals surface area contributed by atoms with E-state index < -0.39 is 0 Å². The van der Waals surface area contributed by atoms with Gasteiger partial charge in [0.2, 0.25) is 0 Å². The van der Waals surface area contributed by atoms with Crippen molar-refractivity contribution < 1.29 is 4.74 Å². The second-order valence-electron chi connectivity index (χ2n) is 8.43. The number of ether oxygens (including phenoxy) is 1. The van der Waals surface area contributed by atoms with Gasteiger partial charge < -0.3 is 19.6 Å². The first-order valence-corrected chi connectivity index (χ1v) is 11.8. The Morgan fingerprint density at radius 1 is 1.00 bits per heavy atom. The van der Waals surface area contributed by atoms with E-state index in [-0.39, 0.29) is 11.2 Å². The van der Waals surface area contributed by atoms with Crippen molar-refractivity contribution in [1.82, 2.24) is 19.7 Å². The Bertz CT molecular complexity index is 1530. The minimum absolute atomic E-state index is 0.171. The third-order valence-corrected chi connectivity index (χ3v) is 7.21. The summed E-state index contributed by atoms with van der Waals surface area (Å²) in [4.78, 5) is 37.6. The predicted octanol–water partition coefficient (Wildman–Crippen LogP) is 3.61. The number of aromatic amines is 3. The molecule has 10 heteroatoms. The van der Waals surface area contributed by atoms with Crippen LogP contribution >= 0.6 is 15.9 Å². The van der Waals surface area contributed by atoms with Crippen molar-refractivity contribution in [3.8, 4) is 5.69 Å². The molecule has 2 aromatic heterocycles. The van der Waals surface area contributed by atoms with Crippen LogP contribution in [-0.4, -0.2) is 52.3 Å². The van der Waals surface area contributed by atoms with Gasteiger partial charge in [0, 0.05) is 29.5 Å². The molecule has 176 valence electrons. The number of nitrogens with zero attached hydrogens (tertiary/aromatic N) is 3. The van der Waals surface area contributed by atoms with Gasteiger partial charge in [-0.15, -0.1) is 0 Å². The van der Waals surface area contributed by atoms with Gasteiger partial charge in [-0.05, 0) is 56.2 Å². The lowest BCUT2D eigenvalue weighted by Gasteiger charge is -2.29. The third kappa shape index (κ3) is 3.92. The number of rotatable bonds is 4. The largest absolute Gasteiger partial charge is 0.378 e. The quantitative estimate of drug-likeness (QED) is 0.354. The first-order valence-electron chi connectivity index (χ1n) is 11.0. The third-order valence-electron chi connectivity index (χ3n) is 6.35. The number of H-pyrrole nitrogens is 3. The highest BCUT2D eigenvalue weighted by Gasteiger charge is 2.18. The zero-order chi connectivity index (χ0) is 24.0. The van der Waals surface area contributed by atoms with E-state index in [0.29, 0.717) is 35.5 Å². The minimum Gasteiger partial charge on any atom is -0.378 e. The molecule has 5 rings (SSSR count). The van der Waals surface area contributed by atoms with Crippen LogP contribution < -0.4 is 16.1 Å². The number of nitrogens with one attached hydrogen (secondary N) is 3. The van der Waals surface area contributed by atoms with Crippen molar-refractivity contribution >= 4 is 44.6 Å². The number of imidazole rings is 1. The summed E-state index contributed by atoms with van der Waals surface area (Å²) in [6, 6.07) is 7.60. The zero-order valence-corrected chi connectivity index (χ0v) is 20.7. The van der Waals surface area contributed by atoms with Crippen LogP contribution in [0.15, 0.2) is 43.3 Å². The first-order chi connectivity index (χ1) is 16.3. The molecule has 34 heavy (non-hydrogen) atoms. The Morgan fingerprint density at radius 2 is 1.71 bits per heavy atom. The molecular weight excluding hydrogens is 500 g/mol. The van der Waals surface area contributed by atoms with Crippen LogP contribution in [0.5, 0.6) is 0 Å². The monoisotopic (exact) mass is 524 g/mol. The van der Waals surface area contributed by atoms with Crippen molar-refractivity contribution in [2.75, 3.05) is 31.2 Å². The van der Waals surface area contributed by atoms with Gasteiger partial charge in [-0.25, -0.2) is 9.48 Å². The summed E-state index contributed by atoms with van der Waals surface area (Å²) < 4.78 is 8.05. The Morgan fingerprint density at radius 3 is 2.44 bits per heavy atom. The lowest BCUT2D eigenvalue weighted by Crippen LogP contribution is -2.36. The number of hydrogen-bond donors (Lipinski definition) is 3. The number of anilines is 1. The fraction of sp³-hybridized carbons (Fsp3) is 0.292. The fourth-order valence-electron chi connectivity index (χ4n) is 4.25. The highest BCUT2D eigenvalue weighted by molar-refractivity contribution is 9.10. The first kappa shape index (κ1) is 22.4. The molecule has 2 aromatic carbocycles. The molecule has 1 fully saturated rings. The average molecular weight is 525 g/mol. The van der Waals surface area contributed by atoms with E-state index in [1.54, 1.807) is 10.9 Å². The second-order valence-corrected chi connectivity index (χ2v) is 9.29. The molecule has 0 spiro atoms. The Balaban J connectivity index is 1.58. The predicted molar refractivity (Wildman–Crippen MR) is 138 cm³/mol. The summed E-state index contributed by atoms with van der Waals surface area (Å²) in [6.07, 6.45) is 1.60. The summed E-state index contributed by atoms with van der Waals surface area (Å²) in [6.45, 7) is 8.56. The van der Waals surface area contributed by atoms with Crippen LogP contribution in [0.3, 0.4) is 0 Å². The number of hydrogen-bond acceptors (Lipinski definition) is 5. The van der Waals surface area contributed by atoms with E-state index in [1.165, 1.54) is 0 Å². The lowest BCUT2D eigenvalue weighted by atomic mass is 10.1. The SMILES string of the molecule is Cc1[nH]n(-c2ccc(Br)c(C)c2C)c(=O)c1C=Nc1cc2[nH]c(=O)[nH]c2cc1N1CCOCC1. The zero-order valence-electron chi connectivity index (χ0n) is 19.2. The van der Waals surface area contributed by atoms with E-state index in [2.05, 4.69) is 35.9 Å². The molecule has 0 atom stereocenters. The van der Waals surface area contributed by atoms with Gasteiger partial charge in [-0.1, -0.05) is 15.9 Å². The maximum atomic E-state index is 13.3. The molecule has 1 aliphatic rings. The van der Waals surface area contributed by atoms with Gasteiger partial charge in [0.1, 0.15) is 0 Å². The summed E-state index contributed by atoms with van der Waals surface area (Å²) >= 11 is 3.54. The van der Waals surface area contributed by atoms with E-state index in [0.717, 1.165) is 45.8 Å². The molecule has 4 aromatic rings. The molecule has 0 aliphatic carbocycles. The Kier molecular flexibility index (Phi) is 5.78. The van der Waals surface area contributed by atoms with Crippen molar-refractivity contribution in [3.05, 3.63) is 72.0 Å². The molecule has 3 N–H and O–H groups in total.